The standard InChI is InChI=1S/C15H28N2S/c1-5-8-15(3,12-16-6-2)13-17(4)10-14-7-9-18-11-14/h7,9,11,16H,5-6,8,10,12-13H2,1-4H3. The first-order valence-electron chi connectivity index (χ1n) is 7.00. The van der Waals surface area contributed by atoms with Crippen LogP contribution in [0.1, 0.15) is 39.2 Å². The van der Waals surface area contributed by atoms with Crippen LogP contribution in [0, 0.1) is 5.41 Å². The van der Waals surface area contributed by atoms with Crippen LogP contribution in [0.3, 0.4) is 0 Å². The maximum atomic E-state index is 3.51. The van der Waals surface area contributed by atoms with Gasteiger partial charge in [0.15, 0.2) is 0 Å². The van der Waals surface area contributed by atoms with Crippen LogP contribution in [-0.2, 0) is 6.54 Å². The van der Waals surface area contributed by atoms with Crippen LogP contribution >= 0.6 is 11.3 Å². The fraction of sp³-hybridized carbons (Fsp3) is 0.733. The van der Waals surface area contributed by atoms with Gasteiger partial charge in [-0.15, -0.1) is 0 Å². The Hall–Kier alpha value is -0.380. The molecular formula is C15H28N2S. The average Bonchev–Trinajstić information content (AvgIpc) is 2.79. The fourth-order valence-electron chi connectivity index (χ4n) is 2.66. The molecule has 0 radical (unpaired) electrons. The zero-order chi connectivity index (χ0) is 13.4. The van der Waals surface area contributed by atoms with Gasteiger partial charge in [-0.25, -0.2) is 0 Å². The van der Waals surface area contributed by atoms with Gasteiger partial charge < -0.3 is 10.2 Å². The molecule has 0 aromatic carbocycles. The van der Waals surface area contributed by atoms with Crippen molar-refractivity contribution >= 4 is 11.3 Å². The average molecular weight is 268 g/mol. The van der Waals surface area contributed by atoms with Crippen molar-refractivity contribution < 1.29 is 0 Å². The number of hydrogen-bond donors (Lipinski definition) is 1. The van der Waals surface area contributed by atoms with Gasteiger partial charge in [-0.05, 0) is 47.8 Å². The molecule has 0 aliphatic rings. The smallest absolute Gasteiger partial charge is 0.0239 e. The van der Waals surface area contributed by atoms with Crippen LogP contribution in [0.5, 0.6) is 0 Å². The molecule has 104 valence electrons. The second-order valence-corrected chi connectivity index (χ2v) is 6.42. The SMILES string of the molecule is CCCC(C)(CNCC)CN(C)Cc1ccsc1. The molecule has 2 nitrogen and oxygen atoms in total. The van der Waals surface area contributed by atoms with Crippen LogP contribution < -0.4 is 5.32 Å². The van der Waals surface area contributed by atoms with E-state index in [0.717, 1.165) is 26.2 Å². The molecule has 3 heteroatoms. The van der Waals surface area contributed by atoms with Gasteiger partial charge in [-0.3, -0.25) is 0 Å². The van der Waals surface area contributed by atoms with Crippen molar-refractivity contribution in [2.75, 3.05) is 26.7 Å². The zero-order valence-corrected chi connectivity index (χ0v) is 13.1. The Morgan fingerprint density at radius 3 is 2.72 bits per heavy atom. The topological polar surface area (TPSA) is 15.3 Å². The van der Waals surface area contributed by atoms with Crippen molar-refractivity contribution in [2.45, 2.75) is 40.2 Å². The molecule has 1 rings (SSSR count). The monoisotopic (exact) mass is 268 g/mol. The van der Waals surface area contributed by atoms with E-state index >= 15 is 0 Å². The molecule has 1 N–H and O–H groups in total. The molecule has 0 aliphatic heterocycles. The third-order valence-electron chi connectivity index (χ3n) is 3.34. The highest BCUT2D eigenvalue weighted by molar-refractivity contribution is 7.07. The summed E-state index contributed by atoms with van der Waals surface area (Å²) in [6.45, 7) is 11.3. The Balaban J connectivity index is 2.48. The third-order valence-corrected chi connectivity index (χ3v) is 4.07. The van der Waals surface area contributed by atoms with Gasteiger partial charge in [-0.2, -0.15) is 11.3 Å². The third kappa shape index (κ3) is 5.51. The molecule has 1 atom stereocenters. The highest BCUT2D eigenvalue weighted by Crippen LogP contribution is 2.24. The Labute approximate surface area is 116 Å². The van der Waals surface area contributed by atoms with Gasteiger partial charge in [0, 0.05) is 19.6 Å². The van der Waals surface area contributed by atoms with Crippen LogP contribution in [0.4, 0.5) is 0 Å². The first kappa shape index (κ1) is 15.7. The van der Waals surface area contributed by atoms with Crippen molar-refractivity contribution in [3.05, 3.63) is 22.4 Å². The van der Waals surface area contributed by atoms with E-state index in [2.05, 4.69) is 54.9 Å². The lowest BCUT2D eigenvalue weighted by molar-refractivity contribution is 0.169. The lowest BCUT2D eigenvalue weighted by Gasteiger charge is -2.34. The van der Waals surface area contributed by atoms with Crippen LogP contribution in [0.25, 0.3) is 0 Å². The van der Waals surface area contributed by atoms with E-state index in [-0.39, 0.29) is 0 Å². The van der Waals surface area contributed by atoms with Gasteiger partial charge >= 0.3 is 0 Å². The maximum absolute atomic E-state index is 3.51. The van der Waals surface area contributed by atoms with Crippen LogP contribution in [-0.4, -0.2) is 31.6 Å². The first-order chi connectivity index (χ1) is 8.59. The van der Waals surface area contributed by atoms with E-state index < -0.39 is 0 Å². The summed E-state index contributed by atoms with van der Waals surface area (Å²) in [5.41, 5.74) is 1.82. The molecule has 0 saturated heterocycles. The molecule has 1 aromatic heterocycles. The Kier molecular flexibility index (Phi) is 6.90. The van der Waals surface area contributed by atoms with E-state index in [9.17, 15) is 0 Å². The van der Waals surface area contributed by atoms with E-state index in [1.54, 1.807) is 11.3 Å². The second kappa shape index (κ2) is 7.93. The number of nitrogens with one attached hydrogen (secondary N) is 1. The molecule has 0 fully saturated rings. The zero-order valence-electron chi connectivity index (χ0n) is 12.3. The molecule has 0 amide bonds. The van der Waals surface area contributed by atoms with Crippen LogP contribution in [0.15, 0.2) is 16.8 Å². The number of rotatable bonds is 9. The van der Waals surface area contributed by atoms with E-state index in [4.69, 9.17) is 0 Å². The lowest BCUT2D eigenvalue weighted by atomic mass is 9.85. The molecule has 0 aliphatic carbocycles. The molecule has 1 aromatic rings. The summed E-state index contributed by atoms with van der Waals surface area (Å²) < 4.78 is 0. The van der Waals surface area contributed by atoms with Gasteiger partial charge in [0.1, 0.15) is 0 Å². The van der Waals surface area contributed by atoms with Crippen molar-refractivity contribution in [1.82, 2.24) is 10.2 Å². The fourth-order valence-corrected chi connectivity index (χ4v) is 3.32. The number of thiophene rings is 1. The summed E-state index contributed by atoms with van der Waals surface area (Å²) in [5, 5.41) is 7.92. The van der Waals surface area contributed by atoms with Crippen molar-refractivity contribution in [3.63, 3.8) is 0 Å². The molecule has 0 spiro atoms. The minimum absolute atomic E-state index is 0.384. The predicted octanol–water partition coefficient (Wildman–Crippen LogP) is 3.60. The van der Waals surface area contributed by atoms with Crippen molar-refractivity contribution in [1.29, 1.82) is 0 Å². The summed E-state index contributed by atoms with van der Waals surface area (Å²) in [4.78, 5) is 2.45. The van der Waals surface area contributed by atoms with Gasteiger partial charge in [-0.1, -0.05) is 27.2 Å². The largest absolute Gasteiger partial charge is 0.316 e. The highest BCUT2D eigenvalue weighted by atomic mass is 32.1. The molecule has 1 heterocycles. The number of nitrogens with zero attached hydrogens (tertiary/aromatic N) is 1. The minimum atomic E-state index is 0.384. The molecular weight excluding hydrogens is 240 g/mol. The van der Waals surface area contributed by atoms with Gasteiger partial charge in [0.05, 0.1) is 0 Å². The predicted molar refractivity (Wildman–Crippen MR) is 82.2 cm³/mol. The second-order valence-electron chi connectivity index (χ2n) is 5.64. The van der Waals surface area contributed by atoms with Crippen molar-refractivity contribution in [3.8, 4) is 0 Å². The summed E-state index contributed by atoms with van der Waals surface area (Å²) in [5.74, 6) is 0. The van der Waals surface area contributed by atoms with E-state index in [1.807, 2.05) is 0 Å². The van der Waals surface area contributed by atoms with E-state index in [0.29, 0.717) is 5.41 Å². The Morgan fingerprint density at radius 2 is 2.17 bits per heavy atom. The Bertz CT molecular complexity index is 310. The number of hydrogen-bond acceptors (Lipinski definition) is 3. The van der Waals surface area contributed by atoms with Gasteiger partial charge in [0.25, 0.3) is 0 Å². The highest BCUT2D eigenvalue weighted by Gasteiger charge is 2.24. The Morgan fingerprint density at radius 1 is 1.39 bits per heavy atom. The first-order valence-corrected chi connectivity index (χ1v) is 7.94. The minimum Gasteiger partial charge on any atom is -0.316 e. The normalized spacial score (nSPS) is 14.9. The summed E-state index contributed by atoms with van der Waals surface area (Å²) >= 11 is 1.78. The molecule has 1 unspecified atom stereocenters. The molecule has 0 saturated carbocycles. The van der Waals surface area contributed by atoms with Crippen LogP contribution in [0.2, 0.25) is 0 Å². The summed E-state index contributed by atoms with van der Waals surface area (Å²) in [7, 11) is 2.23. The maximum Gasteiger partial charge on any atom is 0.0239 e. The summed E-state index contributed by atoms with van der Waals surface area (Å²) in [6.07, 6.45) is 2.54. The molecule has 18 heavy (non-hydrogen) atoms. The lowest BCUT2D eigenvalue weighted by Crippen LogP contribution is -2.40. The quantitative estimate of drug-likeness (QED) is 0.736. The molecule has 0 bridgehead atoms. The van der Waals surface area contributed by atoms with E-state index in [1.165, 1.54) is 18.4 Å². The summed E-state index contributed by atoms with van der Waals surface area (Å²) in [6, 6.07) is 2.22. The van der Waals surface area contributed by atoms with Gasteiger partial charge in [0.2, 0.25) is 0 Å². The van der Waals surface area contributed by atoms with Crippen molar-refractivity contribution in [2.24, 2.45) is 5.41 Å².